The van der Waals surface area contributed by atoms with E-state index in [0.29, 0.717) is 16.7 Å². The van der Waals surface area contributed by atoms with Crippen molar-refractivity contribution in [3.63, 3.8) is 0 Å². The summed E-state index contributed by atoms with van der Waals surface area (Å²) in [6, 6.07) is 0. The molecule has 1 aromatic heterocycles. The van der Waals surface area contributed by atoms with E-state index in [-0.39, 0.29) is 0 Å². The number of aromatic nitrogens is 2. The van der Waals surface area contributed by atoms with Gasteiger partial charge in [-0.2, -0.15) is 0 Å². The Hall–Kier alpha value is -0.620. The van der Waals surface area contributed by atoms with Crippen LogP contribution in [0.5, 0.6) is 0 Å². The molecule has 0 aliphatic carbocycles. The van der Waals surface area contributed by atoms with Gasteiger partial charge in [0.05, 0.1) is 0 Å². The Morgan fingerprint density at radius 2 is 2.40 bits per heavy atom. The summed E-state index contributed by atoms with van der Waals surface area (Å²) in [6.45, 7) is 5.77. The first-order chi connectivity index (χ1) is 6.94. The van der Waals surface area contributed by atoms with Gasteiger partial charge in [0.15, 0.2) is 4.34 Å². The number of hydrogen-bond donors (Lipinski definition) is 1. The van der Waals surface area contributed by atoms with E-state index in [4.69, 9.17) is 0 Å². The zero-order chi connectivity index (χ0) is 11.5. The van der Waals surface area contributed by atoms with Crippen molar-refractivity contribution in [2.24, 2.45) is 5.92 Å². The summed E-state index contributed by atoms with van der Waals surface area (Å²) in [5.74, 6) is -0.456. The average Bonchev–Trinajstić information content (AvgIpc) is 2.54. The number of aliphatic carboxylic acids is 1. The maximum atomic E-state index is 11.2. The fourth-order valence-electron chi connectivity index (χ4n) is 1.35. The second kappa shape index (κ2) is 4.94. The Balaban J connectivity index is 2.78. The molecule has 0 saturated carbocycles. The van der Waals surface area contributed by atoms with Gasteiger partial charge in [0, 0.05) is 0 Å². The maximum Gasteiger partial charge on any atom is 0.319 e. The van der Waals surface area contributed by atoms with Gasteiger partial charge >= 0.3 is 5.97 Å². The van der Waals surface area contributed by atoms with Gasteiger partial charge in [0.1, 0.15) is 10.3 Å². The second-order valence-corrected chi connectivity index (χ2v) is 6.52. The fraction of sp³-hybridized carbons (Fsp3) is 0.667. The van der Waals surface area contributed by atoms with E-state index in [0.717, 1.165) is 0 Å². The van der Waals surface area contributed by atoms with Gasteiger partial charge in [-0.25, -0.2) is 0 Å². The molecule has 1 rings (SSSR count). The lowest BCUT2D eigenvalue weighted by Gasteiger charge is -2.24. The summed E-state index contributed by atoms with van der Waals surface area (Å²) in [5, 5.41) is 16.8. The third-order valence-electron chi connectivity index (χ3n) is 1.90. The van der Waals surface area contributed by atoms with Crippen LogP contribution in [0.3, 0.4) is 0 Å². The van der Waals surface area contributed by atoms with Crippen molar-refractivity contribution in [3.8, 4) is 0 Å². The van der Waals surface area contributed by atoms with E-state index < -0.39 is 10.7 Å². The highest BCUT2D eigenvalue weighted by Crippen LogP contribution is 2.38. The van der Waals surface area contributed by atoms with E-state index >= 15 is 0 Å². The minimum atomic E-state index is -0.812. The van der Waals surface area contributed by atoms with E-state index in [1.807, 2.05) is 13.8 Å². The molecule has 4 nitrogen and oxygen atoms in total. The molecular weight excluding hydrogens is 232 g/mol. The fourth-order valence-corrected chi connectivity index (χ4v) is 3.48. The zero-order valence-corrected chi connectivity index (χ0v) is 10.6. The number of carbonyl (C=O) groups is 1. The molecule has 0 radical (unpaired) electrons. The molecule has 1 unspecified atom stereocenters. The van der Waals surface area contributed by atoms with Gasteiger partial charge in [0.2, 0.25) is 0 Å². The SMILES string of the molecule is CC(C)CC(C)(Sc1nncs1)C(=O)O. The molecule has 1 heterocycles. The first-order valence-corrected chi connectivity index (χ1v) is 6.32. The molecule has 15 heavy (non-hydrogen) atoms. The summed E-state index contributed by atoms with van der Waals surface area (Å²) in [7, 11) is 0. The quantitative estimate of drug-likeness (QED) is 0.809. The van der Waals surface area contributed by atoms with Crippen LogP contribution in [0, 0.1) is 5.92 Å². The highest BCUT2D eigenvalue weighted by atomic mass is 32.2. The van der Waals surface area contributed by atoms with E-state index in [9.17, 15) is 9.90 Å². The molecular formula is C9H14N2O2S2. The molecule has 0 spiro atoms. The van der Waals surface area contributed by atoms with Gasteiger partial charge in [-0.05, 0) is 19.3 Å². The lowest BCUT2D eigenvalue weighted by molar-refractivity contribution is -0.139. The molecule has 0 aliphatic rings. The molecule has 0 saturated heterocycles. The number of hydrogen-bond acceptors (Lipinski definition) is 5. The summed E-state index contributed by atoms with van der Waals surface area (Å²) >= 11 is 2.65. The third-order valence-corrected chi connectivity index (χ3v) is 3.97. The van der Waals surface area contributed by atoms with Crippen molar-refractivity contribution in [2.75, 3.05) is 0 Å². The minimum Gasteiger partial charge on any atom is -0.480 e. The molecule has 0 amide bonds. The Kier molecular flexibility index (Phi) is 4.10. The van der Waals surface area contributed by atoms with Gasteiger partial charge in [0.25, 0.3) is 0 Å². The maximum absolute atomic E-state index is 11.2. The van der Waals surface area contributed by atoms with Crippen molar-refractivity contribution in [1.29, 1.82) is 0 Å². The summed E-state index contributed by atoms with van der Waals surface area (Å²) in [6.07, 6.45) is 0.618. The van der Waals surface area contributed by atoms with Crippen LogP contribution in [0.1, 0.15) is 27.2 Å². The van der Waals surface area contributed by atoms with E-state index in [2.05, 4.69) is 10.2 Å². The topological polar surface area (TPSA) is 63.1 Å². The molecule has 6 heteroatoms. The van der Waals surface area contributed by atoms with Crippen LogP contribution in [0.2, 0.25) is 0 Å². The van der Waals surface area contributed by atoms with Gasteiger partial charge < -0.3 is 5.11 Å². The Morgan fingerprint density at radius 3 is 2.80 bits per heavy atom. The third kappa shape index (κ3) is 3.46. The highest BCUT2D eigenvalue weighted by Gasteiger charge is 2.36. The zero-order valence-electron chi connectivity index (χ0n) is 8.93. The highest BCUT2D eigenvalue weighted by molar-refractivity contribution is 8.03. The standard InChI is InChI=1S/C9H14N2O2S2/c1-6(2)4-9(3,7(12)13)15-8-11-10-5-14-8/h5-6H,4H2,1-3H3,(H,12,13). The first kappa shape index (κ1) is 12.4. The van der Waals surface area contributed by atoms with Gasteiger partial charge in [-0.1, -0.05) is 36.9 Å². The lowest BCUT2D eigenvalue weighted by Crippen LogP contribution is -2.32. The molecule has 1 N–H and O–H groups in total. The van der Waals surface area contributed by atoms with Crippen LogP contribution in [-0.2, 0) is 4.79 Å². The lowest BCUT2D eigenvalue weighted by atomic mass is 9.98. The number of carboxylic acids is 1. The summed E-state index contributed by atoms with van der Waals surface area (Å²) in [5.41, 5.74) is 1.61. The van der Waals surface area contributed by atoms with Crippen molar-refractivity contribution in [3.05, 3.63) is 5.51 Å². The van der Waals surface area contributed by atoms with Gasteiger partial charge in [-0.15, -0.1) is 10.2 Å². The first-order valence-electron chi connectivity index (χ1n) is 4.62. The Bertz CT molecular complexity index is 327. The predicted molar refractivity (Wildman–Crippen MR) is 61.3 cm³/mol. The van der Waals surface area contributed by atoms with Crippen molar-refractivity contribution >= 4 is 29.1 Å². The van der Waals surface area contributed by atoms with Crippen molar-refractivity contribution < 1.29 is 9.90 Å². The number of carboxylic acid groups (broad SMARTS) is 1. The number of nitrogens with zero attached hydrogens (tertiary/aromatic N) is 2. The van der Waals surface area contributed by atoms with Crippen LogP contribution in [0.25, 0.3) is 0 Å². The molecule has 84 valence electrons. The molecule has 0 aromatic carbocycles. The van der Waals surface area contributed by atoms with Gasteiger partial charge in [-0.3, -0.25) is 4.79 Å². The van der Waals surface area contributed by atoms with Crippen molar-refractivity contribution in [1.82, 2.24) is 10.2 Å². The number of rotatable bonds is 5. The van der Waals surface area contributed by atoms with Crippen LogP contribution >= 0.6 is 23.1 Å². The normalized spacial score (nSPS) is 15.2. The molecule has 0 bridgehead atoms. The smallest absolute Gasteiger partial charge is 0.319 e. The monoisotopic (exact) mass is 246 g/mol. The van der Waals surface area contributed by atoms with Crippen LogP contribution < -0.4 is 0 Å². The molecule has 0 aliphatic heterocycles. The van der Waals surface area contributed by atoms with Crippen LogP contribution in [0.15, 0.2) is 9.85 Å². The Morgan fingerprint density at radius 1 is 1.73 bits per heavy atom. The van der Waals surface area contributed by atoms with Crippen molar-refractivity contribution in [2.45, 2.75) is 36.3 Å². The average molecular weight is 246 g/mol. The van der Waals surface area contributed by atoms with E-state index in [1.54, 1.807) is 12.4 Å². The molecule has 0 fully saturated rings. The summed E-state index contributed by atoms with van der Waals surface area (Å²) < 4.78 is -0.103. The van der Waals surface area contributed by atoms with Crippen LogP contribution in [0.4, 0.5) is 0 Å². The van der Waals surface area contributed by atoms with E-state index in [1.165, 1.54) is 23.1 Å². The molecule has 1 aromatic rings. The molecule has 1 atom stereocenters. The summed E-state index contributed by atoms with van der Waals surface area (Å²) in [4.78, 5) is 11.2. The number of thioether (sulfide) groups is 1. The largest absolute Gasteiger partial charge is 0.480 e. The van der Waals surface area contributed by atoms with Crippen LogP contribution in [-0.4, -0.2) is 26.0 Å². The Labute approximate surface area is 97.1 Å². The second-order valence-electron chi connectivity index (χ2n) is 3.94. The predicted octanol–water partition coefficient (Wildman–Crippen LogP) is 2.52. The minimum absolute atomic E-state index is 0.339.